The lowest BCUT2D eigenvalue weighted by atomic mass is 10.2. The molecule has 0 radical (unpaired) electrons. The van der Waals surface area contributed by atoms with E-state index in [0.717, 1.165) is 9.86 Å². The third-order valence-electron chi connectivity index (χ3n) is 3.67. The first-order valence-corrected chi connectivity index (χ1v) is 10.5. The second-order valence-electron chi connectivity index (χ2n) is 5.47. The molecule has 2 aromatic carbocycles. The SMILES string of the molecule is Cc1cc(S(=O)(=O)Oc2c(Br)cc(Br)c3cccnc23)c(C)cc1Cl. The molecule has 1 heterocycles. The van der Waals surface area contributed by atoms with Crippen LogP contribution in [0.4, 0.5) is 0 Å². The largest absolute Gasteiger partial charge is 0.375 e. The Morgan fingerprint density at radius 3 is 2.52 bits per heavy atom. The fourth-order valence-electron chi connectivity index (χ4n) is 2.40. The molecule has 3 rings (SSSR count). The molecule has 0 N–H and O–H groups in total. The number of aromatic nitrogens is 1. The number of benzene rings is 2. The molecule has 0 bridgehead atoms. The number of nitrogens with zero attached hydrogens (tertiary/aromatic N) is 1. The minimum Gasteiger partial charge on any atom is -0.375 e. The maximum atomic E-state index is 12.8. The summed E-state index contributed by atoms with van der Waals surface area (Å²) in [6.07, 6.45) is 1.58. The van der Waals surface area contributed by atoms with E-state index < -0.39 is 10.1 Å². The molecule has 0 aliphatic heterocycles. The molecule has 0 fully saturated rings. The highest BCUT2D eigenvalue weighted by Gasteiger charge is 2.24. The summed E-state index contributed by atoms with van der Waals surface area (Å²) in [4.78, 5) is 4.34. The number of rotatable bonds is 3. The summed E-state index contributed by atoms with van der Waals surface area (Å²) in [5.41, 5.74) is 1.61. The first-order chi connectivity index (χ1) is 11.7. The van der Waals surface area contributed by atoms with Gasteiger partial charge >= 0.3 is 10.1 Å². The van der Waals surface area contributed by atoms with Gasteiger partial charge in [0.25, 0.3) is 0 Å². The van der Waals surface area contributed by atoms with E-state index in [0.29, 0.717) is 26.1 Å². The monoisotopic (exact) mass is 503 g/mol. The standard InChI is InChI=1S/C17H12Br2ClNO3S/c1-9-7-15(10(2)6-14(9)20)25(22,23)24-17-13(19)8-12(18)11-4-3-5-21-16(11)17/h3-8H,1-2H3. The lowest BCUT2D eigenvalue weighted by Crippen LogP contribution is -2.12. The third kappa shape index (κ3) is 3.56. The summed E-state index contributed by atoms with van der Waals surface area (Å²) in [6.45, 7) is 3.42. The third-order valence-corrected chi connectivity index (χ3v) is 6.69. The van der Waals surface area contributed by atoms with E-state index in [9.17, 15) is 8.42 Å². The number of halogens is 3. The van der Waals surface area contributed by atoms with Crippen LogP contribution >= 0.6 is 43.5 Å². The van der Waals surface area contributed by atoms with E-state index in [-0.39, 0.29) is 10.6 Å². The summed E-state index contributed by atoms with van der Waals surface area (Å²) in [5.74, 6) is 0.144. The highest BCUT2D eigenvalue weighted by atomic mass is 79.9. The van der Waals surface area contributed by atoms with Crippen molar-refractivity contribution in [2.45, 2.75) is 18.7 Å². The fraction of sp³-hybridized carbons (Fsp3) is 0.118. The first-order valence-electron chi connectivity index (χ1n) is 7.14. The van der Waals surface area contributed by atoms with Crippen molar-refractivity contribution in [2.24, 2.45) is 0 Å². The van der Waals surface area contributed by atoms with Gasteiger partial charge < -0.3 is 4.18 Å². The predicted octanol–water partition coefficient (Wildman–Crippen LogP) is 5.80. The second kappa shape index (κ2) is 6.87. The quantitative estimate of drug-likeness (QED) is 0.423. The fourth-order valence-corrected chi connectivity index (χ4v) is 5.34. The second-order valence-corrected chi connectivity index (χ2v) is 9.10. The molecule has 3 aromatic rings. The van der Waals surface area contributed by atoms with Gasteiger partial charge in [0.05, 0.1) is 4.47 Å². The maximum absolute atomic E-state index is 12.8. The Balaban J connectivity index is 2.17. The van der Waals surface area contributed by atoms with Crippen LogP contribution in [0, 0.1) is 13.8 Å². The molecule has 0 saturated carbocycles. The number of aryl methyl sites for hydroxylation is 2. The average molecular weight is 506 g/mol. The van der Waals surface area contributed by atoms with Gasteiger partial charge in [-0.3, -0.25) is 4.98 Å². The van der Waals surface area contributed by atoms with E-state index in [2.05, 4.69) is 36.8 Å². The molecule has 0 aliphatic carbocycles. The van der Waals surface area contributed by atoms with Gasteiger partial charge in [-0.05, 0) is 65.2 Å². The van der Waals surface area contributed by atoms with Crippen molar-refractivity contribution in [2.75, 3.05) is 0 Å². The van der Waals surface area contributed by atoms with Gasteiger partial charge in [0.2, 0.25) is 0 Å². The Morgan fingerprint density at radius 2 is 1.80 bits per heavy atom. The molecule has 0 spiro atoms. The predicted molar refractivity (Wildman–Crippen MR) is 106 cm³/mol. The van der Waals surface area contributed by atoms with E-state index >= 15 is 0 Å². The van der Waals surface area contributed by atoms with E-state index in [4.69, 9.17) is 15.8 Å². The minimum atomic E-state index is -4.05. The Kier molecular flexibility index (Phi) is 5.12. The maximum Gasteiger partial charge on any atom is 0.339 e. The Labute approximate surface area is 167 Å². The van der Waals surface area contributed by atoms with Crippen molar-refractivity contribution in [3.8, 4) is 5.75 Å². The summed E-state index contributed by atoms with van der Waals surface area (Å²) < 4.78 is 32.4. The molecule has 0 aliphatic rings. The van der Waals surface area contributed by atoms with Crippen LogP contribution in [0.15, 0.2) is 50.4 Å². The van der Waals surface area contributed by atoms with Gasteiger partial charge in [-0.2, -0.15) is 8.42 Å². The molecule has 1 aromatic heterocycles. The van der Waals surface area contributed by atoms with Crippen LogP contribution in [0.1, 0.15) is 11.1 Å². The van der Waals surface area contributed by atoms with Crippen molar-refractivity contribution < 1.29 is 12.6 Å². The summed E-state index contributed by atoms with van der Waals surface area (Å²) >= 11 is 12.9. The van der Waals surface area contributed by atoms with Crippen LogP contribution in [0.2, 0.25) is 5.02 Å². The normalized spacial score (nSPS) is 11.7. The van der Waals surface area contributed by atoms with Crippen molar-refractivity contribution in [1.82, 2.24) is 4.98 Å². The summed E-state index contributed by atoms with van der Waals surface area (Å²) in [6, 6.07) is 8.45. The van der Waals surface area contributed by atoms with Crippen molar-refractivity contribution in [1.29, 1.82) is 0 Å². The van der Waals surface area contributed by atoms with Gasteiger partial charge in [0.1, 0.15) is 10.4 Å². The zero-order chi connectivity index (χ0) is 18.4. The molecule has 130 valence electrons. The van der Waals surface area contributed by atoms with Crippen LogP contribution in [0.5, 0.6) is 5.75 Å². The number of hydrogen-bond acceptors (Lipinski definition) is 4. The topological polar surface area (TPSA) is 56.3 Å². The Morgan fingerprint density at radius 1 is 1.08 bits per heavy atom. The molecule has 0 saturated heterocycles. The van der Waals surface area contributed by atoms with Crippen LogP contribution in [0.25, 0.3) is 10.9 Å². The lowest BCUT2D eigenvalue weighted by molar-refractivity contribution is 0.486. The molecule has 4 nitrogen and oxygen atoms in total. The summed E-state index contributed by atoms with van der Waals surface area (Å²) in [5, 5.41) is 1.26. The molecule has 0 atom stereocenters. The molecular formula is C17H12Br2ClNO3S. The zero-order valence-electron chi connectivity index (χ0n) is 13.2. The van der Waals surface area contributed by atoms with Crippen LogP contribution in [-0.4, -0.2) is 13.4 Å². The molecule has 0 amide bonds. The van der Waals surface area contributed by atoms with Crippen LogP contribution < -0.4 is 4.18 Å². The van der Waals surface area contributed by atoms with Gasteiger partial charge in [0.15, 0.2) is 5.75 Å². The minimum absolute atomic E-state index is 0.0771. The van der Waals surface area contributed by atoms with Gasteiger partial charge in [0, 0.05) is 21.1 Å². The van der Waals surface area contributed by atoms with E-state index in [1.54, 1.807) is 38.2 Å². The summed E-state index contributed by atoms with van der Waals surface area (Å²) in [7, 11) is -4.05. The number of pyridine rings is 1. The number of hydrogen-bond donors (Lipinski definition) is 0. The highest BCUT2D eigenvalue weighted by molar-refractivity contribution is 9.11. The molecule has 8 heteroatoms. The first kappa shape index (κ1) is 18.6. The molecule has 25 heavy (non-hydrogen) atoms. The van der Waals surface area contributed by atoms with Crippen molar-refractivity contribution >= 4 is 64.5 Å². The van der Waals surface area contributed by atoms with Gasteiger partial charge in [-0.1, -0.05) is 33.6 Å². The van der Waals surface area contributed by atoms with Crippen molar-refractivity contribution in [3.05, 3.63) is 61.6 Å². The highest BCUT2D eigenvalue weighted by Crippen LogP contribution is 2.39. The Hall–Kier alpha value is -1.15. The van der Waals surface area contributed by atoms with E-state index in [1.807, 2.05) is 6.07 Å². The smallest absolute Gasteiger partial charge is 0.339 e. The van der Waals surface area contributed by atoms with Gasteiger partial charge in [-0.25, -0.2) is 0 Å². The zero-order valence-corrected chi connectivity index (χ0v) is 17.9. The number of fused-ring (bicyclic) bond motifs is 1. The average Bonchev–Trinajstić information content (AvgIpc) is 2.54. The van der Waals surface area contributed by atoms with Crippen molar-refractivity contribution in [3.63, 3.8) is 0 Å². The van der Waals surface area contributed by atoms with Crippen LogP contribution in [-0.2, 0) is 10.1 Å². The Bertz CT molecular complexity index is 1100. The molecule has 0 unspecified atom stereocenters. The van der Waals surface area contributed by atoms with E-state index in [1.165, 1.54) is 6.07 Å². The van der Waals surface area contributed by atoms with Gasteiger partial charge in [-0.15, -0.1) is 0 Å². The van der Waals surface area contributed by atoms with Crippen LogP contribution in [0.3, 0.4) is 0 Å². The lowest BCUT2D eigenvalue weighted by Gasteiger charge is -2.14. The molecular weight excluding hydrogens is 494 g/mol.